The first-order valence-corrected chi connectivity index (χ1v) is 5.91. The third-order valence-corrected chi connectivity index (χ3v) is 5.30. The quantitative estimate of drug-likeness (QED) is 0.552. The van der Waals surface area contributed by atoms with Gasteiger partial charge in [-0.2, -0.15) is 0 Å². The second-order valence-corrected chi connectivity index (χ2v) is 5.76. The lowest BCUT2D eigenvalue weighted by molar-refractivity contribution is 0.594. The van der Waals surface area contributed by atoms with Crippen LogP contribution in [0.25, 0.3) is 0 Å². The summed E-state index contributed by atoms with van der Waals surface area (Å²) in [7, 11) is -3.01. The van der Waals surface area contributed by atoms with Gasteiger partial charge in [0.15, 0.2) is 9.84 Å². The first-order valence-electron chi connectivity index (χ1n) is 4.30. The molecule has 0 saturated carbocycles. The van der Waals surface area contributed by atoms with Crippen LogP contribution < -0.4 is 0 Å². The summed E-state index contributed by atoms with van der Waals surface area (Å²) < 4.78 is 23.7. The molecule has 2 aliphatic heterocycles. The second-order valence-electron chi connectivity index (χ2n) is 3.57. The van der Waals surface area contributed by atoms with Crippen LogP contribution in [0, 0.1) is 0 Å². The molecule has 2 unspecified atom stereocenters. The molecule has 0 radical (unpaired) electrons. The van der Waals surface area contributed by atoms with Gasteiger partial charge >= 0.3 is 0 Å². The van der Waals surface area contributed by atoms with Crippen LogP contribution in [0.5, 0.6) is 0 Å². The lowest BCUT2D eigenvalue weighted by atomic mass is 10.0. The van der Waals surface area contributed by atoms with Crippen LogP contribution >= 0.6 is 0 Å². The fourth-order valence-electron chi connectivity index (χ4n) is 1.94. The topological polar surface area (TPSA) is 34.1 Å². The third-order valence-electron chi connectivity index (χ3n) is 2.87. The second kappa shape index (κ2) is 2.58. The molecule has 0 spiro atoms. The van der Waals surface area contributed by atoms with Crippen molar-refractivity contribution < 1.29 is 8.42 Å². The normalized spacial score (nSPS) is 35.2. The van der Waals surface area contributed by atoms with E-state index in [1.54, 1.807) is 12.2 Å². The summed E-state index contributed by atoms with van der Waals surface area (Å²) in [6, 6.07) is 0. The van der Waals surface area contributed by atoms with Gasteiger partial charge in [-0.25, -0.2) is 8.42 Å². The van der Waals surface area contributed by atoms with Gasteiger partial charge in [-0.05, 0) is 13.8 Å². The van der Waals surface area contributed by atoms with E-state index in [9.17, 15) is 8.42 Å². The van der Waals surface area contributed by atoms with Crippen molar-refractivity contribution in [3.05, 3.63) is 35.5 Å². The molecular weight excluding hydrogens is 184 g/mol. The molecule has 2 heterocycles. The number of fused-ring (bicyclic) bond motifs is 2. The maximum absolute atomic E-state index is 11.9. The maximum Gasteiger partial charge on any atom is 0.170 e. The fraction of sp³-hybridized carbons (Fsp3) is 0.400. The summed E-state index contributed by atoms with van der Waals surface area (Å²) in [4.78, 5) is 0. The molecule has 0 aromatic heterocycles. The standard InChI is InChI=1S/C10H12O2S/c1-7-8(2)10-6-4-3-5-9(7)13(10,11)12/h3-6,9-10H,1-2H3. The minimum atomic E-state index is -3.01. The predicted octanol–water partition coefficient (Wildman–Crippen LogP) is 1.61. The molecule has 2 nitrogen and oxygen atoms in total. The number of allylic oxidation sites excluding steroid dienone is 2. The molecule has 0 N–H and O–H groups in total. The minimum absolute atomic E-state index is 0.382. The van der Waals surface area contributed by atoms with Crippen molar-refractivity contribution in [2.45, 2.75) is 24.3 Å². The van der Waals surface area contributed by atoms with Crippen molar-refractivity contribution in [2.24, 2.45) is 0 Å². The van der Waals surface area contributed by atoms with E-state index in [1.807, 2.05) is 26.0 Å². The highest BCUT2D eigenvalue weighted by molar-refractivity contribution is 7.93. The number of sulfone groups is 1. The van der Waals surface area contributed by atoms with Crippen LogP contribution in [-0.4, -0.2) is 18.9 Å². The van der Waals surface area contributed by atoms with Crippen molar-refractivity contribution >= 4 is 9.84 Å². The van der Waals surface area contributed by atoms with Gasteiger partial charge in [0.05, 0.1) is 0 Å². The van der Waals surface area contributed by atoms with Gasteiger partial charge < -0.3 is 0 Å². The van der Waals surface area contributed by atoms with E-state index in [2.05, 4.69) is 0 Å². The summed E-state index contributed by atoms with van der Waals surface area (Å²) in [5.74, 6) is 0. The molecule has 2 rings (SSSR count). The Morgan fingerprint density at radius 3 is 1.77 bits per heavy atom. The van der Waals surface area contributed by atoms with Gasteiger partial charge in [0.1, 0.15) is 10.5 Å². The van der Waals surface area contributed by atoms with E-state index in [-0.39, 0.29) is 10.5 Å². The van der Waals surface area contributed by atoms with Crippen molar-refractivity contribution in [2.75, 3.05) is 0 Å². The largest absolute Gasteiger partial charge is 0.227 e. The van der Waals surface area contributed by atoms with Gasteiger partial charge in [-0.3, -0.25) is 0 Å². The summed E-state index contributed by atoms with van der Waals surface area (Å²) in [6.45, 7) is 3.81. The Bertz CT molecular complexity index is 390. The van der Waals surface area contributed by atoms with Crippen molar-refractivity contribution in [3.63, 3.8) is 0 Å². The van der Waals surface area contributed by atoms with E-state index in [0.29, 0.717) is 0 Å². The molecule has 0 aromatic carbocycles. The zero-order valence-corrected chi connectivity index (χ0v) is 8.51. The Morgan fingerprint density at radius 2 is 1.38 bits per heavy atom. The van der Waals surface area contributed by atoms with Gasteiger partial charge in [0.25, 0.3) is 0 Å². The zero-order valence-electron chi connectivity index (χ0n) is 7.69. The van der Waals surface area contributed by atoms with Gasteiger partial charge in [-0.15, -0.1) is 0 Å². The molecule has 70 valence electrons. The molecule has 0 aliphatic carbocycles. The monoisotopic (exact) mass is 196 g/mol. The number of hydrogen-bond acceptors (Lipinski definition) is 2. The van der Waals surface area contributed by atoms with Crippen LogP contribution in [-0.2, 0) is 9.84 Å². The third kappa shape index (κ3) is 1.03. The molecule has 0 saturated heterocycles. The highest BCUT2D eigenvalue weighted by Crippen LogP contribution is 2.35. The molecule has 13 heavy (non-hydrogen) atoms. The SMILES string of the molecule is CC1=C(C)C2C=CC=CC1S2(=O)=O. The van der Waals surface area contributed by atoms with E-state index < -0.39 is 9.84 Å². The molecule has 3 heteroatoms. The van der Waals surface area contributed by atoms with Crippen LogP contribution in [0.15, 0.2) is 35.5 Å². The average molecular weight is 196 g/mol. The molecule has 2 bridgehead atoms. The van der Waals surface area contributed by atoms with Gasteiger partial charge in [0.2, 0.25) is 0 Å². The summed E-state index contributed by atoms with van der Waals surface area (Å²) in [5, 5.41) is -0.764. The highest BCUT2D eigenvalue weighted by Gasteiger charge is 2.41. The molecule has 0 aromatic rings. The Balaban J connectivity index is 2.70. The van der Waals surface area contributed by atoms with Gasteiger partial charge in [0, 0.05) is 0 Å². The highest BCUT2D eigenvalue weighted by atomic mass is 32.2. The lowest BCUT2D eigenvalue weighted by Crippen LogP contribution is -2.22. The fourth-order valence-corrected chi connectivity index (χ4v) is 4.23. The Morgan fingerprint density at radius 1 is 1.00 bits per heavy atom. The van der Waals surface area contributed by atoms with E-state index in [0.717, 1.165) is 11.1 Å². The zero-order chi connectivity index (χ0) is 9.64. The van der Waals surface area contributed by atoms with E-state index >= 15 is 0 Å². The smallest absolute Gasteiger partial charge is 0.170 e. The average Bonchev–Trinajstić information content (AvgIpc) is 2.23. The Kier molecular flexibility index (Phi) is 1.74. The van der Waals surface area contributed by atoms with Crippen LogP contribution in [0.4, 0.5) is 0 Å². The number of hydrogen-bond donors (Lipinski definition) is 0. The predicted molar refractivity (Wildman–Crippen MR) is 53.1 cm³/mol. The molecule has 0 amide bonds. The first kappa shape index (κ1) is 8.75. The minimum Gasteiger partial charge on any atom is -0.227 e. The first-order chi connectivity index (χ1) is 6.05. The summed E-state index contributed by atoms with van der Waals surface area (Å²) >= 11 is 0. The van der Waals surface area contributed by atoms with Gasteiger partial charge in [-0.1, -0.05) is 35.5 Å². The van der Waals surface area contributed by atoms with Crippen molar-refractivity contribution in [1.29, 1.82) is 0 Å². The molecule has 2 aliphatic rings. The van der Waals surface area contributed by atoms with E-state index in [1.165, 1.54) is 0 Å². The lowest BCUT2D eigenvalue weighted by Gasteiger charge is -2.07. The Hall–Kier alpha value is -0.830. The van der Waals surface area contributed by atoms with Crippen LogP contribution in [0.2, 0.25) is 0 Å². The van der Waals surface area contributed by atoms with Crippen molar-refractivity contribution in [3.8, 4) is 0 Å². The van der Waals surface area contributed by atoms with Crippen LogP contribution in [0.3, 0.4) is 0 Å². The molecule has 2 atom stereocenters. The Labute approximate surface area is 78.6 Å². The maximum atomic E-state index is 11.9. The number of rotatable bonds is 0. The van der Waals surface area contributed by atoms with E-state index in [4.69, 9.17) is 0 Å². The molecular formula is C10H12O2S. The summed E-state index contributed by atoms with van der Waals surface area (Å²) in [5.41, 5.74) is 1.98. The van der Waals surface area contributed by atoms with Crippen LogP contribution in [0.1, 0.15) is 13.8 Å². The van der Waals surface area contributed by atoms with Crippen molar-refractivity contribution in [1.82, 2.24) is 0 Å². The summed E-state index contributed by atoms with van der Waals surface area (Å²) in [6.07, 6.45) is 7.16. The molecule has 0 fully saturated rings.